The molecule has 0 saturated heterocycles. The minimum absolute atomic E-state index is 0.372. The average molecular weight is 317 g/mol. The highest BCUT2D eigenvalue weighted by Gasteiger charge is 2.26. The van der Waals surface area contributed by atoms with Crippen molar-refractivity contribution in [3.63, 3.8) is 0 Å². The van der Waals surface area contributed by atoms with Crippen molar-refractivity contribution < 1.29 is 8.42 Å². The Morgan fingerprint density at radius 1 is 1.14 bits per heavy atom. The molecule has 116 valence electrons. The minimum atomic E-state index is -3.59. The van der Waals surface area contributed by atoms with E-state index in [0.717, 1.165) is 23.2 Å². The molecule has 2 heterocycles. The second kappa shape index (κ2) is 5.70. The van der Waals surface area contributed by atoms with Crippen molar-refractivity contribution in [2.45, 2.75) is 26.8 Å². The first kappa shape index (κ1) is 15.0. The van der Waals surface area contributed by atoms with Gasteiger partial charge in [-0.3, -0.25) is 4.72 Å². The predicted octanol–water partition coefficient (Wildman–Crippen LogP) is 2.41. The quantitative estimate of drug-likeness (QED) is 0.945. The number of aromatic nitrogens is 1. The van der Waals surface area contributed by atoms with Crippen LogP contribution in [0.3, 0.4) is 0 Å². The molecule has 0 saturated carbocycles. The molecular weight excluding hydrogens is 298 g/mol. The van der Waals surface area contributed by atoms with Gasteiger partial charge in [-0.25, -0.2) is 4.98 Å². The molecule has 0 radical (unpaired) electrons. The zero-order valence-electron chi connectivity index (χ0n) is 12.7. The smallest absolute Gasteiger partial charge is 0.254 e. The monoisotopic (exact) mass is 317 g/mol. The van der Waals surface area contributed by atoms with Crippen LogP contribution >= 0.6 is 0 Å². The summed E-state index contributed by atoms with van der Waals surface area (Å²) in [7, 11) is -3.59. The summed E-state index contributed by atoms with van der Waals surface area (Å²) in [6.07, 6.45) is 0.733. The van der Waals surface area contributed by atoms with E-state index < -0.39 is 10.2 Å². The van der Waals surface area contributed by atoms with Crippen LogP contribution in [0.5, 0.6) is 0 Å². The van der Waals surface area contributed by atoms with Gasteiger partial charge in [0, 0.05) is 18.8 Å². The third-order valence-electron chi connectivity index (χ3n) is 3.77. The van der Waals surface area contributed by atoms with E-state index in [1.807, 2.05) is 38.1 Å². The van der Waals surface area contributed by atoms with Gasteiger partial charge in [-0.05, 0) is 49.1 Å². The molecule has 1 N–H and O–H groups in total. The summed E-state index contributed by atoms with van der Waals surface area (Å²) in [5.41, 5.74) is 4.06. The molecule has 6 heteroatoms. The third-order valence-corrected chi connectivity index (χ3v) is 5.23. The lowest BCUT2D eigenvalue weighted by molar-refractivity contribution is 0.394. The fraction of sp³-hybridized carbons (Fsp3) is 0.312. The second-order valence-corrected chi connectivity index (χ2v) is 7.30. The number of fused-ring (bicyclic) bond motifs is 1. The van der Waals surface area contributed by atoms with Crippen molar-refractivity contribution in [1.29, 1.82) is 0 Å². The molecule has 0 spiro atoms. The molecule has 0 aliphatic carbocycles. The number of hydrogen-bond donors (Lipinski definition) is 1. The Balaban J connectivity index is 1.82. The lowest BCUT2D eigenvalue weighted by atomic mass is 10.0. The van der Waals surface area contributed by atoms with Crippen molar-refractivity contribution in [1.82, 2.24) is 9.29 Å². The lowest BCUT2D eigenvalue weighted by Crippen LogP contribution is -2.39. The summed E-state index contributed by atoms with van der Waals surface area (Å²) in [5.74, 6) is 0.372. The van der Waals surface area contributed by atoms with E-state index in [4.69, 9.17) is 0 Å². The highest BCUT2D eigenvalue weighted by Crippen LogP contribution is 2.22. The average Bonchev–Trinajstić information content (AvgIpc) is 2.45. The van der Waals surface area contributed by atoms with E-state index in [1.165, 1.54) is 9.87 Å². The number of rotatable bonds is 3. The summed E-state index contributed by atoms with van der Waals surface area (Å²) >= 11 is 0. The van der Waals surface area contributed by atoms with E-state index in [1.54, 1.807) is 6.07 Å². The summed E-state index contributed by atoms with van der Waals surface area (Å²) in [6, 6.07) is 11.6. The van der Waals surface area contributed by atoms with Gasteiger partial charge in [0.2, 0.25) is 0 Å². The van der Waals surface area contributed by atoms with Crippen LogP contribution in [0.1, 0.15) is 22.4 Å². The zero-order valence-corrected chi connectivity index (χ0v) is 13.5. The molecule has 1 aromatic heterocycles. The van der Waals surface area contributed by atoms with Gasteiger partial charge in [0.1, 0.15) is 5.82 Å². The Morgan fingerprint density at radius 2 is 1.86 bits per heavy atom. The first-order chi connectivity index (χ1) is 10.4. The molecule has 0 amide bonds. The molecule has 0 fully saturated rings. The van der Waals surface area contributed by atoms with Gasteiger partial charge in [0.25, 0.3) is 0 Å². The molecule has 2 aromatic rings. The predicted molar refractivity (Wildman–Crippen MR) is 86.8 cm³/mol. The first-order valence-corrected chi connectivity index (χ1v) is 8.68. The highest BCUT2D eigenvalue weighted by molar-refractivity contribution is 7.90. The standard InChI is InChI=1S/C16H19N3O2S/c1-12-9-13(2)17-16(10-12)18-22(20,21)19-8-7-14-5-3-4-6-15(14)11-19/h3-6,9-10H,7-8,11H2,1-2H3,(H,17,18). The number of anilines is 1. The Bertz CT molecular complexity index is 783. The maximum Gasteiger partial charge on any atom is 0.303 e. The summed E-state index contributed by atoms with van der Waals surface area (Å²) in [4.78, 5) is 4.24. The van der Waals surface area contributed by atoms with Crippen LogP contribution in [0.15, 0.2) is 36.4 Å². The van der Waals surface area contributed by atoms with Crippen LogP contribution in [-0.2, 0) is 23.2 Å². The number of aryl methyl sites for hydroxylation is 2. The molecule has 3 rings (SSSR count). The van der Waals surface area contributed by atoms with Crippen LogP contribution in [0, 0.1) is 13.8 Å². The summed E-state index contributed by atoms with van der Waals surface area (Å²) in [6.45, 7) is 4.65. The first-order valence-electron chi connectivity index (χ1n) is 7.24. The van der Waals surface area contributed by atoms with Crippen LogP contribution in [0.4, 0.5) is 5.82 Å². The van der Waals surface area contributed by atoms with Crippen molar-refractivity contribution in [2.75, 3.05) is 11.3 Å². The van der Waals surface area contributed by atoms with Gasteiger partial charge < -0.3 is 0 Å². The number of nitrogens with one attached hydrogen (secondary N) is 1. The van der Waals surface area contributed by atoms with E-state index in [2.05, 4.69) is 15.8 Å². The van der Waals surface area contributed by atoms with Gasteiger partial charge in [-0.1, -0.05) is 24.3 Å². The molecular formula is C16H19N3O2S. The molecule has 22 heavy (non-hydrogen) atoms. The van der Waals surface area contributed by atoms with E-state index >= 15 is 0 Å². The molecule has 1 aliphatic rings. The SMILES string of the molecule is Cc1cc(C)nc(NS(=O)(=O)N2CCc3ccccc3C2)c1. The van der Waals surface area contributed by atoms with Gasteiger partial charge in [-0.2, -0.15) is 12.7 Å². The lowest BCUT2D eigenvalue weighted by Gasteiger charge is -2.28. The maximum absolute atomic E-state index is 12.6. The highest BCUT2D eigenvalue weighted by atomic mass is 32.2. The van der Waals surface area contributed by atoms with E-state index in [-0.39, 0.29) is 0 Å². The summed E-state index contributed by atoms with van der Waals surface area (Å²) in [5, 5.41) is 0. The van der Waals surface area contributed by atoms with E-state index in [0.29, 0.717) is 18.9 Å². The Labute approximate surface area is 131 Å². The number of benzene rings is 1. The molecule has 1 aromatic carbocycles. The molecule has 0 bridgehead atoms. The van der Waals surface area contributed by atoms with Crippen LogP contribution in [-0.4, -0.2) is 24.3 Å². The fourth-order valence-corrected chi connectivity index (χ4v) is 3.90. The summed E-state index contributed by atoms with van der Waals surface area (Å²) < 4.78 is 29.2. The maximum atomic E-state index is 12.6. The fourth-order valence-electron chi connectivity index (χ4n) is 2.77. The minimum Gasteiger partial charge on any atom is -0.254 e. The second-order valence-electron chi connectivity index (χ2n) is 5.63. The van der Waals surface area contributed by atoms with Crippen molar-refractivity contribution in [3.05, 3.63) is 58.8 Å². The normalized spacial score (nSPS) is 15.4. The number of hydrogen-bond acceptors (Lipinski definition) is 3. The Kier molecular flexibility index (Phi) is 3.88. The van der Waals surface area contributed by atoms with E-state index in [9.17, 15) is 8.42 Å². The van der Waals surface area contributed by atoms with Crippen LogP contribution in [0.25, 0.3) is 0 Å². The third kappa shape index (κ3) is 3.13. The van der Waals surface area contributed by atoms with Crippen molar-refractivity contribution in [3.8, 4) is 0 Å². The van der Waals surface area contributed by atoms with Gasteiger partial charge >= 0.3 is 10.2 Å². The number of nitrogens with zero attached hydrogens (tertiary/aromatic N) is 2. The van der Waals surface area contributed by atoms with Crippen LogP contribution in [0.2, 0.25) is 0 Å². The molecule has 1 aliphatic heterocycles. The van der Waals surface area contributed by atoms with Crippen molar-refractivity contribution in [2.24, 2.45) is 0 Å². The largest absolute Gasteiger partial charge is 0.303 e. The van der Waals surface area contributed by atoms with Crippen molar-refractivity contribution >= 4 is 16.0 Å². The number of pyridine rings is 1. The Hall–Kier alpha value is -1.92. The Morgan fingerprint density at radius 3 is 2.59 bits per heavy atom. The van der Waals surface area contributed by atoms with Gasteiger partial charge in [0.05, 0.1) is 0 Å². The van der Waals surface area contributed by atoms with Crippen LogP contribution < -0.4 is 4.72 Å². The molecule has 0 atom stereocenters. The molecule has 5 nitrogen and oxygen atoms in total. The van der Waals surface area contributed by atoms with Gasteiger partial charge in [-0.15, -0.1) is 0 Å². The molecule has 0 unspecified atom stereocenters. The van der Waals surface area contributed by atoms with Gasteiger partial charge in [0.15, 0.2) is 0 Å². The zero-order chi connectivity index (χ0) is 15.7. The topological polar surface area (TPSA) is 62.3 Å².